The van der Waals surface area contributed by atoms with E-state index in [1.165, 1.54) is 0 Å². The van der Waals surface area contributed by atoms with Gasteiger partial charge in [0.05, 0.1) is 5.54 Å². The van der Waals surface area contributed by atoms with Crippen LogP contribution in [0.4, 0.5) is 0 Å². The second-order valence-corrected chi connectivity index (χ2v) is 5.46. The molecule has 0 aliphatic heterocycles. The van der Waals surface area contributed by atoms with Crippen LogP contribution in [0.3, 0.4) is 0 Å². The van der Waals surface area contributed by atoms with Gasteiger partial charge in [-0.2, -0.15) is 0 Å². The highest BCUT2D eigenvalue weighted by Crippen LogP contribution is 2.07. The molecule has 0 saturated carbocycles. The highest BCUT2D eigenvalue weighted by molar-refractivity contribution is 5.85. The SMILES string of the molecule is CNC(C)(C)C(=O)NC(CN(C)C)C(C)C. The van der Waals surface area contributed by atoms with Crippen LogP contribution in [0.25, 0.3) is 0 Å². The van der Waals surface area contributed by atoms with Crippen molar-refractivity contribution in [1.29, 1.82) is 0 Å². The van der Waals surface area contributed by atoms with E-state index in [9.17, 15) is 4.79 Å². The number of nitrogens with zero attached hydrogens (tertiary/aromatic N) is 1. The van der Waals surface area contributed by atoms with E-state index in [-0.39, 0.29) is 11.9 Å². The van der Waals surface area contributed by atoms with E-state index in [0.29, 0.717) is 5.92 Å². The lowest BCUT2D eigenvalue weighted by atomic mass is 10.00. The van der Waals surface area contributed by atoms with Gasteiger partial charge in [0.2, 0.25) is 5.91 Å². The number of likely N-dealkylation sites (N-methyl/N-ethyl adjacent to an activating group) is 2. The number of hydrogen-bond acceptors (Lipinski definition) is 3. The zero-order valence-electron chi connectivity index (χ0n) is 11.7. The Morgan fingerprint density at radius 1 is 1.31 bits per heavy atom. The normalized spacial score (nSPS) is 14.3. The lowest BCUT2D eigenvalue weighted by Gasteiger charge is -2.30. The molecular weight excluding hydrogens is 202 g/mol. The van der Waals surface area contributed by atoms with Crippen LogP contribution in [0.15, 0.2) is 0 Å². The number of carbonyl (C=O) groups is 1. The van der Waals surface area contributed by atoms with Crippen molar-refractivity contribution in [3.8, 4) is 0 Å². The second-order valence-electron chi connectivity index (χ2n) is 5.46. The molecule has 0 rings (SSSR count). The van der Waals surface area contributed by atoms with Crippen LogP contribution in [0.2, 0.25) is 0 Å². The highest BCUT2D eigenvalue weighted by atomic mass is 16.2. The monoisotopic (exact) mass is 229 g/mol. The Hall–Kier alpha value is -0.610. The van der Waals surface area contributed by atoms with E-state index >= 15 is 0 Å². The number of nitrogens with one attached hydrogen (secondary N) is 2. The molecule has 0 aromatic rings. The summed E-state index contributed by atoms with van der Waals surface area (Å²) in [6, 6.07) is 0.190. The molecule has 0 fully saturated rings. The van der Waals surface area contributed by atoms with Crippen LogP contribution >= 0.6 is 0 Å². The number of amides is 1. The molecule has 4 heteroatoms. The van der Waals surface area contributed by atoms with E-state index in [4.69, 9.17) is 0 Å². The zero-order valence-corrected chi connectivity index (χ0v) is 11.7. The summed E-state index contributed by atoms with van der Waals surface area (Å²) in [4.78, 5) is 14.1. The first-order valence-corrected chi connectivity index (χ1v) is 5.85. The van der Waals surface area contributed by atoms with Crippen molar-refractivity contribution in [2.24, 2.45) is 5.92 Å². The fraction of sp³-hybridized carbons (Fsp3) is 0.917. The summed E-state index contributed by atoms with van der Waals surface area (Å²) in [5, 5.41) is 6.11. The summed E-state index contributed by atoms with van der Waals surface area (Å²) >= 11 is 0. The van der Waals surface area contributed by atoms with Gasteiger partial charge in [-0.05, 0) is 40.9 Å². The Morgan fingerprint density at radius 2 is 1.81 bits per heavy atom. The smallest absolute Gasteiger partial charge is 0.239 e. The molecule has 96 valence electrons. The van der Waals surface area contributed by atoms with Crippen molar-refractivity contribution < 1.29 is 4.79 Å². The molecule has 1 unspecified atom stereocenters. The molecule has 0 aliphatic rings. The Balaban J connectivity index is 4.46. The molecule has 0 aliphatic carbocycles. The first-order valence-electron chi connectivity index (χ1n) is 5.85. The van der Waals surface area contributed by atoms with E-state index in [1.54, 1.807) is 7.05 Å². The third kappa shape index (κ3) is 4.94. The van der Waals surface area contributed by atoms with Gasteiger partial charge >= 0.3 is 0 Å². The van der Waals surface area contributed by atoms with Gasteiger partial charge in [0.15, 0.2) is 0 Å². The van der Waals surface area contributed by atoms with E-state index < -0.39 is 5.54 Å². The van der Waals surface area contributed by atoms with Crippen LogP contribution in [-0.4, -0.2) is 50.1 Å². The van der Waals surface area contributed by atoms with Gasteiger partial charge in [-0.25, -0.2) is 0 Å². The fourth-order valence-electron chi connectivity index (χ4n) is 1.28. The van der Waals surface area contributed by atoms with Gasteiger partial charge in [0.25, 0.3) is 0 Å². The van der Waals surface area contributed by atoms with Gasteiger partial charge in [-0.1, -0.05) is 13.8 Å². The summed E-state index contributed by atoms with van der Waals surface area (Å²) in [5.74, 6) is 0.481. The van der Waals surface area contributed by atoms with E-state index in [2.05, 4.69) is 29.4 Å². The van der Waals surface area contributed by atoms with Gasteiger partial charge < -0.3 is 15.5 Å². The molecule has 0 saturated heterocycles. The predicted molar refractivity (Wildman–Crippen MR) is 68.5 cm³/mol. The standard InChI is InChI=1S/C12H27N3O/c1-9(2)10(8-15(6)7)14-11(16)12(3,4)13-5/h9-10,13H,8H2,1-7H3,(H,14,16). The van der Waals surface area contributed by atoms with Crippen molar-refractivity contribution in [1.82, 2.24) is 15.5 Å². The molecule has 1 atom stereocenters. The summed E-state index contributed by atoms with van der Waals surface area (Å²) in [5.41, 5.74) is -0.514. The van der Waals surface area contributed by atoms with Crippen LogP contribution in [0, 0.1) is 5.92 Å². The number of carbonyl (C=O) groups excluding carboxylic acids is 1. The summed E-state index contributed by atoms with van der Waals surface area (Å²) in [6.07, 6.45) is 0. The molecule has 0 heterocycles. The highest BCUT2D eigenvalue weighted by Gasteiger charge is 2.28. The number of rotatable bonds is 6. The molecule has 0 radical (unpaired) electrons. The average Bonchev–Trinajstić information content (AvgIpc) is 2.15. The molecule has 0 bridgehead atoms. The summed E-state index contributed by atoms with van der Waals surface area (Å²) in [6.45, 7) is 8.88. The topological polar surface area (TPSA) is 44.4 Å². The third-order valence-electron chi connectivity index (χ3n) is 2.88. The van der Waals surface area contributed by atoms with Gasteiger partial charge in [0, 0.05) is 12.6 Å². The van der Waals surface area contributed by atoms with Crippen molar-refractivity contribution in [3.05, 3.63) is 0 Å². The first-order chi connectivity index (χ1) is 7.20. The third-order valence-corrected chi connectivity index (χ3v) is 2.88. The molecule has 2 N–H and O–H groups in total. The minimum Gasteiger partial charge on any atom is -0.350 e. The molecule has 1 amide bonds. The van der Waals surface area contributed by atoms with Crippen molar-refractivity contribution in [3.63, 3.8) is 0 Å². The first kappa shape index (κ1) is 15.4. The fourth-order valence-corrected chi connectivity index (χ4v) is 1.28. The lowest BCUT2D eigenvalue weighted by molar-refractivity contribution is -0.127. The predicted octanol–water partition coefficient (Wildman–Crippen LogP) is 0.687. The van der Waals surface area contributed by atoms with Crippen LogP contribution in [-0.2, 0) is 4.79 Å². The van der Waals surface area contributed by atoms with Crippen molar-refractivity contribution in [2.45, 2.75) is 39.3 Å². The molecule has 16 heavy (non-hydrogen) atoms. The Bertz CT molecular complexity index is 224. The Kier molecular flexibility index (Phi) is 5.97. The maximum atomic E-state index is 12.0. The van der Waals surface area contributed by atoms with E-state index in [0.717, 1.165) is 6.54 Å². The summed E-state index contributed by atoms with van der Waals surface area (Å²) in [7, 11) is 5.84. The molecule has 0 spiro atoms. The van der Waals surface area contributed by atoms with Crippen LogP contribution in [0.1, 0.15) is 27.7 Å². The molecule has 0 aromatic carbocycles. The average molecular weight is 229 g/mol. The maximum Gasteiger partial charge on any atom is 0.239 e. The van der Waals surface area contributed by atoms with Crippen molar-refractivity contribution in [2.75, 3.05) is 27.7 Å². The Labute approximate surface area is 99.8 Å². The molecule has 0 aromatic heterocycles. The largest absolute Gasteiger partial charge is 0.350 e. The van der Waals surface area contributed by atoms with E-state index in [1.807, 2.05) is 27.9 Å². The molecule has 4 nitrogen and oxygen atoms in total. The maximum absolute atomic E-state index is 12.0. The van der Waals surface area contributed by atoms with Crippen LogP contribution in [0.5, 0.6) is 0 Å². The van der Waals surface area contributed by atoms with Gasteiger partial charge in [0.1, 0.15) is 0 Å². The minimum atomic E-state index is -0.514. The summed E-state index contributed by atoms with van der Waals surface area (Å²) < 4.78 is 0. The quantitative estimate of drug-likeness (QED) is 0.704. The lowest BCUT2D eigenvalue weighted by Crippen LogP contribution is -2.56. The minimum absolute atomic E-state index is 0.0514. The van der Waals surface area contributed by atoms with Gasteiger partial charge in [-0.15, -0.1) is 0 Å². The number of hydrogen-bond donors (Lipinski definition) is 2. The van der Waals surface area contributed by atoms with Gasteiger partial charge in [-0.3, -0.25) is 4.79 Å². The molecular formula is C12H27N3O. The van der Waals surface area contributed by atoms with Crippen molar-refractivity contribution >= 4 is 5.91 Å². The zero-order chi connectivity index (χ0) is 12.9. The van der Waals surface area contributed by atoms with Crippen LogP contribution < -0.4 is 10.6 Å². The Morgan fingerprint density at radius 3 is 2.12 bits per heavy atom. The second kappa shape index (κ2) is 6.21.